The Hall–Kier alpha value is -3.66. The van der Waals surface area contributed by atoms with Crippen molar-refractivity contribution in [3.05, 3.63) is 66.1 Å². The third-order valence-electron chi connectivity index (χ3n) is 6.45. The number of nitrogens with zero attached hydrogens (tertiary/aromatic N) is 4. The summed E-state index contributed by atoms with van der Waals surface area (Å²) < 4.78 is 13.8. The lowest BCUT2D eigenvalue weighted by Gasteiger charge is -2.55. The van der Waals surface area contributed by atoms with Crippen LogP contribution in [0.25, 0.3) is 10.9 Å². The standard InChI is InChI=1S/C24H22FN5O/c25-18-3-6-21-20(13-18)22(7-10-27-21)30-15-24(16-30)8-11-29(12-9-24)23(31)28-19-4-1-17(14-26)2-5-19/h1-7,10,13H,8-9,11-12,15-16H2,(H,28,31). The molecule has 2 aliphatic heterocycles. The van der Waals surface area contributed by atoms with Gasteiger partial charge in [0, 0.05) is 54.6 Å². The van der Waals surface area contributed by atoms with Crippen LogP contribution in [0.5, 0.6) is 0 Å². The number of hydrogen-bond acceptors (Lipinski definition) is 4. The molecule has 7 heteroatoms. The molecule has 2 amide bonds. The number of fused-ring (bicyclic) bond motifs is 1. The van der Waals surface area contributed by atoms with Gasteiger partial charge in [0.2, 0.25) is 0 Å². The van der Waals surface area contributed by atoms with E-state index in [4.69, 9.17) is 5.26 Å². The van der Waals surface area contributed by atoms with Gasteiger partial charge in [0.05, 0.1) is 17.1 Å². The molecule has 2 saturated heterocycles. The topological polar surface area (TPSA) is 72.3 Å². The van der Waals surface area contributed by atoms with E-state index in [9.17, 15) is 9.18 Å². The smallest absolute Gasteiger partial charge is 0.321 e. The molecule has 156 valence electrons. The van der Waals surface area contributed by atoms with Gasteiger partial charge in [-0.25, -0.2) is 9.18 Å². The van der Waals surface area contributed by atoms with Crippen molar-refractivity contribution < 1.29 is 9.18 Å². The van der Waals surface area contributed by atoms with E-state index in [1.807, 2.05) is 11.0 Å². The second-order valence-electron chi connectivity index (χ2n) is 8.45. The summed E-state index contributed by atoms with van der Waals surface area (Å²) >= 11 is 0. The van der Waals surface area contributed by atoms with Crippen molar-refractivity contribution in [3.63, 3.8) is 0 Å². The van der Waals surface area contributed by atoms with Gasteiger partial charge >= 0.3 is 6.03 Å². The summed E-state index contributed by atoms with van der Waals surface area (Å²) in [5, 5.41) is 12.6. The quantitative estimate of drug-likeness (QED) is 0.674. The average molecular weight is 415 g/mol. The molecule has 0 saturated carbocycles. The van der Waals surface area contributed by atoms with Crippen molar-refractivity contribution in [2.75, 3.05) is 36.4 Å². The van der Waals surface area contributed by atoms with Crippen molar-refractivity contribution in [2.24, 2.45) is 5.41 Å². The number of carbonyl (C=O) groups excluding carboxylic acids is 1. The van der Waals surface area contributed by atoms with Crippen LogP contribution >= 0.6 is 0 Å². The summed E-state index contributed by atoms with van der Waals surface area (Å²) in [6.07, 6.45) is 3.67. The van der Waals surface area contributed by atoms with Gasteiger partial charge < -0.3 is 15.1 Å². The molecule has 2 aliphatic rings. The predicted octanol–water partition coefficient (Wildman–Crippen LogP) is 4.38. The summed E-state index contributed by atoms with van der Waals surface area (Å²) in [7, 11) is 0. The number of hydrogen-bond donors (Lipinski definition) is 1. The monoisotopic (exact) mass is 415 g/mol. The molecule has 6 nitrogen and oxygen atoms in total. The molecule has 3 aromatic rings. The maximum Gasteiger partial charge on any atom is 0.321 e. The van der Waals surface area contributed by atoms with Gasteiger partial charge in [0.15, 0.2) is 0 Å². The molecule has 2 fully saturated rings. The Morgan fingerprint density at radius 1 is 1.10 bits per heavy atom. The van der Waals surface area contributed by atoms with Crippen molar-refractivity contribution in [3.8, 4) is 6.07 Å². The normalized spacial score (nSPS) is 17.3. The number of aromatic nitrogens is 1. The number of rotatable bonds is 2. The molecule has 0 bridgehead atoms. The Balaban J connectivity index is 1.20. The van der Waals surface area contributed by atoms with Gasteiger partial charge in [0.25, 0.3) is 0 Å². The summed E-state index contributed by atoms with van der Waals surface area (Å²) in [6, 6.07) is 15.5. The number of pyridine rings is 1. The van der Waals surface area contributed by atoms with Crippen LogP contribution in [0.15, 0.2) is 54.7 Å². The minimum absolute atomic E-state index is 0.105. The number of nitrogens with one attached hydrogen (secondary N) is 1. The van der Waals surface area contributed by atoms with E-state index in [0.717, 1.165) is 42.5 Å². The first-order chi connectivity index (χ1) is 15.0. The number of piperidine rings is 1. The van der Waals surface area contributed by atoms with E-state index in [-0.39, 0.29) is 17.3 Å². The Kier molecular flexibility index (Phi) is 4.70. The van der Waals surface area contributed by atoms with Gasteiger partial charge in [-0.05, 0) is 61.4 Å². The lowest BCUT2D eigenvalue weighted by molar-refractivity contribution is 0.0945. The zero-order chi connectivity index (χ0) is 21.4. The molecule has 2 aromatic carbocycles. The molecule has 1 spiro atoms. The SMILES string of the molecule is N#Cc1ccc(NC(=O)N2CCC3(CC2)CN(c2ccnc4ccc(F)cc24)C3)cc1. The van der Waals surface area contributed by atoms with Gasteiger partial charge in [-0.15, -0.1) is 0 Å². The second-order valence-corrected chi connectivity index (χ2v) is 8.45. The second kappa shape index (κ2) is 7.55. The number of amides is 2. The highest BCUT2D eigenvalue weighted by atomic mass is 19.1. The number of urea groups is 1. The first kappa shape index (κ1) is 19.3. The number of likely N-dealkylation sites (tertiary alicyclic amines) is 1. The number of anilines is 2. The summed E-state index contributed by atoms with van der Waals surface area (Å²) in [5.74, 6) is -0.251. The highest BCUT2D eigenvalue weighted by Gasteiger charge is 2.45. The number of halogens is 1. The number of benzene rings is 2. The van der Waals surface area contributed by atoms with Gasteiger partial charge in [-0.2, -0.15) is 5.26 Å². The fourth-order valence-electron chi connectivity index (χ4n) is 4.64. The molecule has 0 unspecified atom stereocenters. The van der Waals surface area contributed by atoms with E-state index in [0.29, 0.717) is 24.3 Å². The van der Waals surface area contributed by atoms with Crippen LogP contribution in [-0.4, -0.2) is 42.1 Å². The van der Waals surface area contributed by atoms with E-state index < -0.39 is 0 Å². The molecule has 1 N–H and O–H groups in total. The Morgan fingerprint density at radius 2 is 1.84 bits per heavy atom. The number of carbonyl (C=O) groups is 1. The van der Waals surface area contributed by atoms with E-state index in [1.54, 1.807) is 42.6 Å². The maximum absolute atomic E-state index is 13.8. The Morgan fingerprint density at radius 3 is 2.55 bits per heavy atom. The van der Waals surface area contributed by atoms with Crippen LogP contribution in [0, 0.1) is 22.6 Å². The van der Waals surface area contributed by atoms with Crippen LogP contribution in [-0.2, 0) is 0 Å². The Bertz CT molecular complexity index is 1170. The molecular formula is C24H22FN5O. The predicted molar refractivity (Wildman–Crippen MR) is 117 cm³/mol. The average Bonchev–Trinajstić information content (AvgIpc) is 2.77. The van der Waals surface area contributed by atoms with Gasteiger partial charge in [0.1, 0.15) is 5.82 Å². The van der Waals surface area contributed by atoms with Crippen LogP contribution in [0.1, 0.15) is 18.4 Å². The minimum atomic E-state index is -0.251. The molecule has 0 aliphatic carbocycles. The first-order valence-electron chi connectivity index (χ1n) is 10.4. The third-order valence-corrected chi connectivity index (χ3v) is 6.45. The summed E-state index contributed by atoms with van der Waals surface area (Å²) in [6.45, 7) is 3.24. The molecule has 3 heterocycles. The van der Waals surface area contributed by atoms with E-state index >= 15 is 0 Å². The van der Waals surface area contributed by atoms with Crippen molar-refractivity contribution in [2.45, 2.75) is 12.8 Å². The Labute approximate surface area is 179 Å². The molecule has 5 rings (SSSR count). The zero-order valence-electron chi connectivity index (χ0n) is 17.0. The lowest BCUT2D eigenvalue weighted by Crippen LogP contribution is -2.61. The molecule has 0 radical (unpaired) electrons. The van der Waals surface area contributed by atoms with Crippen LogP contribution in [0.2, 0.25) is 0 Å². The van der Waals surface area contributed by atoms with Crippen molar-refractivity contribution in [1.29, 1.82) is 5.26 Å². The largest absolute Gasteiger partial charge is 0.370 e. The van der Waals surface area contributed by atoms with Crippen molar-refractivity contribution >= 4 is 28.3 Å². The van der Waals surface area contributed by atoms with Crippen LogP contribution in [0.3, 0.4) is 0 Å². The summed E-state index contributed by atoms with van der Waals surface area (Å²) in [5.41, 5.74) is 3.28. The highest BCUT2D eigenvalue weighted by Crippen LogP contribution is 2.44. The lowest BCUT2D eigenvalue weighted by atomic mass is 9.71. The number of nitriles is 1. The maximum atomic E-state index is 13.8. The highest BCUT2D eigenvalue weighted by molar-refractivity contribution is 5.92. The van der Waals surface area contributed by atoms with E-state index in [1.165, 1.54) is 6.07 Å². The van der Waals surface area contributed by atoms with Crippen LogP contribution in [0.4, 0.5) is 20.6 Å². The molecule has 0 atom stereocenters. The fourth-order valence-corrected chi connectivity index (χ4v) is 4.64. The summed E-state index contributed by atoms with van der Waals surface area (Å²) in [4.78, 5) is 21.1. The third kappa shape index (κ3) is 3.66. The molecule has 31 heavy (non-hydrogen) atoms. The first-order valence-corrected chi connectivity index (χ1v) is 10.4. The fraction of sp³-hybridized carbons (Fsp3) is 0.292. The van der Waals surface area contributed by atoms with Gasteiger partial charge in [-0.1, -0.05) is 0 Å². The molecular weight excluding hydrogens is 393 g/mol. The molecule has 1 aromatic heterocycles. The van der Waals surface area contributed by atoms with Gasteiger partial charge in [-0.3, -0.25) is 4.98 Å². The zero-order valence-corrected chi connectivity index (χ0v) is 17.0. The van der Waals surface area contributed by atoms with Crippen molar-refractivity contribution in [1.82, 2.24) is 9.88 Å². The van der Waals surface area contributed by atoms with Crippen LogP contribution < -0.4 is 10.2 Å². The van der Waals surface area contributed by atoms with E-state index in [2.05, 4.69) is 21.3 Å². The minimum Gasteiger partial charge on any atom is -0.370 e.